The second-order valence-corrected chi connectivity index (χ2v) is 4.93. The van der Waals surface area contributed by atoms with Gasteiger partial charge in [0.1, 0.15) is 0 Å². The van der Waals surface area contributed by atoms with E-state index in [9.17, 15) is 9.59 Å². The Morgan fingerprint density at radius 1 is 1.18 bits per heavy atom. The molecule has 0 spiro atoms. The summed E-state index contributed by atoms with van der Waals surface area (Å²) in [4.78, 5) is 21.5. The van der Waals surface area contributed by atoms with Gasteiger partial charge in [-0.25, -0.2) is 9.59 Å². The number of rotatable bonds is 3. The van der Waals surface area contributed by atoms with Gasteiger partial charge in [0, 0.05) is 24.7 Å². The summed E-state index contributed by atoms with van der Waals surface area (Å²) < 4.78 is 5.80. The van der Waals surface area contributed by atoms with E-state index < -0.39 is 11.9 Å². The molecule has 0 radical (unpaired) electrons. The van der Waals surface area contributed by atoms with Gasteiger partial charge in [-0.15, -0.1) is 0 Å². The molecular formula is C16H21NO5. The second kappa shape index (κ2) is 8.96. The van der Waals surface area contributed by atoms with Gasteiger partial charge in [-0.3, -0.25) is 4.90 Å². The average molecular weight is 307 g/mol. The van der Waals surface area contributed by atoms with E-state index in [0.717, 1.165) is 13.2 Å². The lowest BCUT2D eigenvalue weighted by molar-refractivity contribution is -0.134. The van der Waals surface area contributed by atoms with Crippen molar-refractivity contribution in [3.8, 4) is 0 Å². The SMILES string of the molecule is C[C@H]1[C@H](c2ccccc2)OCCN1C.O=C(O)/C=C/C(=O)O. The van der Waals surface area contributed by atoms with E-state index in [1.165, 1.54) is 5.56 Å². The standard InChI is InChI=1S/C12H17NO.C4H4O4/c1-10-12(14-9-8-13(10)2)11-6-4-3-5-7-11;5-3(6)1-2-4(7)8/h3-7,10,12H,8-9H2,1-2H3;1-2H,(H,5,6)(H,7,8)/b;2-1+/t10-,12+;/m0./s1. The fraction of sp³-hybridized carbons (Fsp3) is 0.375. The van der Waals surface area contributed by atoms with E-state index in [0.29, 0.717) is 18.2 Å². The van der Waals surface area contributed by atoms with Crippen LogP contribution < -0.4 is 0 Å². The topological polar surface area (TPSA) is 87.1 Å². The lowest BCUT2D eigenvalue weighted by Gasteiger charge is -2.37. The number of likely N-dealkylation sites (N-methyl/N-ethyl adjacent to an activating group) is 1. The first-order chi connectivity index (χ1) is 10.4. The third-order valence-electron chi connectivity index (χ3n) is 3.37. The van der Waals surface area contributed by atoms with Crippen molar-refractivity contribution >= 4 is 11.9 Å². The quantitative estimate of drug-likeness (QED) is 0.828. The number of hydrogen-bond donors (Lipinski definition) is 2. The molecular weight excluding hydrogens is 286 g/mol. The molecule has 0 amide bonds. The zero-order chi connectivity index (χ0) is 16.5. The first kappa shape index (κ1) is 17.9. The summed E-state index contributed by atoms with van der Waals surface area (Å²) in [6.45, 7) is 4.09. The molecule has 1 saturated heterocycles. The highest BCUT2D eigenvalue weighted by Gasteiger charge is 2.27. The van der Waals surface area contributed by atoms with Crippen LogP contribution in [0.5, 0.6) is 0 Å². The molecule has 1 aliphatic heterocycles. The third kappa shape index (κ3) is 6.07. The van der Waals surface area contributed by atoms with Crippen molar-refractivity contribution < 1.29 is 24.5 Å². The number of ether oxygens (including phenoxy) is 1. The Hall–Kier alpha value is -2.18. The van der Waals surface area contributed by atoms with Crippen LogP contribution in [0.4, 0.5) is 0 Å². The highest BCUT2D eigenvalue weighted by molar-refractivity contribution is 5.89. The number of hydrogen-bond acceptors (Lipinski definition) is 4. The Labute approximate surface area is 129 Å². The molecule has 120 valence electrons. The summed E-state index contributed by atoms with van der Waals surface area (Å²) in [6.07, 6.45) is 1.35. The van der Waals surface area contributed by atoms with E-state index in [1.54, 1.807) is 0 Å². The van der Waals surface area contributed by atoms with E-state index >= 15 is 0 Å². The minimum atomic E-state index is -1.26. The summed E-state index contributed by atoms with van der Waals surface area (Å²) in [7, 11) is 2.16. The molecule has 22 heavy (non-hydrogen) atoms. The first-order valence-electron chi connectivity index (χ1n) is 6.92. The maximum atomic E-state index is 9.55. The number of carbonyl (C=O) groups is 2. The van der Waals surface area contributed by atoms with Crippen LogP contribution in [0.3, 0.4) is 0 Å². The number of carboxylic acids is 2. The van der Waals surface area contributed by atoms with Gasteiger partial charge in [0.05, 0.1) is 12.7 Å². The molecule has 0 aliphatic carbocycles. The maximum absolute atomic E-state index is 9.55. The van der Waals surface area contributed by atoms with Gasteiger partial charge in [-0.05, 0) is 19.5 Å². The Kier molecular flexibility index (Phi) is 7.28. The van der Waals surface area contributed by atoms with Gasteiger partial charge in [0.25, 0.3) is 0 Å². The van der Waals surface area contributed by atoms with E-state index in [2.05, 4.69) is 43.1 Å². The number of nitrogens with zero attached hydrogens (tertiary/aromatic N) is 1. The normalized spacial score (nSPS) is 21.9. The van der Waals surface area contributed by atoms with Crippen LogP contribution in [0.25, 0.3) is 0 Å². The van der Waals surface area contributed by atoms with Gasteiger partial charge in [0.2, 0.25) is 0 Å². The minimum Gasteiger partial charge on any atom is -0.478 e. The van der Waals surface area contributed by atoms with Crippen molar-refractivity contribution in [2.75, 3.05) is 20.2 Å². The molecule has 6 nitrogen and oxygen atoms in total. The molecule has 2 rings (SSSR count). The first-order valence-corrected chi connectivity index (χ1v) is 6.92. The summed E-state index contributed by atoms with van der Waals surface area (Å²) >= 11 is 0. The molecule has 1 heterocycles. The molecule has 1 aromatic carbocycles. The highest BCUT2D eigenvalue weighted by atomic mass is 16.5. The molecule has 0 unspecified atom stereocenters. The summed E-state index contributed by atoms with van der Waals surface area (Å²) in [5.74, 6) is -2.51. The van der Waals surface area contributed by atoms with E-state index in [4.69, 9.17) is 14.9 Å². The predicted molar refractivity (Wildman–Crippen MR) is 81.6 cm³/mol. The van der Waals surface area contributed by atoms with Crippen molar-refractivity contribution in [2.24, 2.45) is 0 Å². The van der Waals surface area contributed by atoms with E-state index in [-0.39, 0.29) is 6.10 Å². The van der Waals surface area contributed by atoms with Crippen LogP contribution in [0.2, 0.25) is 0 Å². The fourth-order valence-electron chi connectivity index (χ4n) is 2.06. The Morgan fingerprint density at radius 3 is 2.23 bits per heavy atom. The largest absolute Gasteiger partial charge is 0.478 e. The second-order valence-electron chi connectivity index (χ2n) is 4.93. The van der Waals surface area contributed by atoms with Crippen LogP contribution in [-0.4, -0.2) is 53.3 Å². The van der Waals surface area contributed by atoms with Crippen molar-refractivity contribution in [3.05, 3.63) is 48.0 Å². The number of morpholine rings is 1. The van der Waals surface area contributed by atoms with E-state index in [1.807, 2.05) is 6.07 Å². The van der Waals surface area contributed by atoms with Crippen LogP contribution in [0, 0.1) is 0 Å². The van der Waals surface area contributed by atoms with Crippen molar-refractivity contribution in [1.82, 2.24) is 4.90 Å². The van der Waals surface area contributed by atoms with Crippen LogP contribution >= 0.6 is 0 Å². The van der Waals surface area contributed by atoms with Crippen LogP contribution in [0.15, 0.2) is 42.5 Å². The van der Waals surface area contributed by atoms with Gasteiger partial charge in [0.15, 0.2) is 0 Å². The number of carboxylic acid groups (broad SMARTS) is 2. The van der Waals surface area contributed by atoms with Crippen LogP contribution in [-0.2, 0) is 14.3 Å². The predicted octanol–water partition coefficient (Wildman–Crippen LogP) is 1.79. The third-order valence-corrected chi connectivity index (χ3v) is 3.37. The molecule has 2 N–H and O–H groups in total. The smallest absolute Gasteiger partial charge is 0.328 e. The van der Waals surface area contributed by atoms with Gasteiger partial charge in [-0.2, -0.15) is 0 Å². The monoisotopic (exact) mass is 307 g/mol. The average Bonchev–Trinajstić information content (AvgIpc) is 2.49. The maximum Gasteiger partial charge on any atom is 0.328 e. The molecule has 0 bridgehead atoms. The van der Waals surface area contributed by atoms with Crippen molar-refractivity contribution in [3.63, 3.8) is 0 Å². The zero-order valence-electron chi connectivity index (χ0n) is 12.7. The molecule has 1 fully saturated rings. The highest BCUT2D eigenvalue weighted by Crippen LogP contribution is 2.26. The Morgan fingerprint density at radius 2 is 1.73 bits per heavy atom. The van der Waals surface area contributed by atoms with Crippen molar-refractivity contribution in [1.29, 1.82) is 0 Å². The lowest BCUT2D eigenvalue weighted by atomic mass is 10.0. The number of aliphatic carboxylic acids is 2. The molecule has 2 atom stereocenters. The lowest BCUT2D eigenvalue weighted by Crippen LogP contribution is -2.42. The Balaban J connectivity index is 0.000000261. The summed E-state index contributed by atoms with van der Waals surface area (Å²) in [6, 6.07) is 10.9. The van der Waals surface area contributed by atoms with Gasteiger partial charge in [-0.1, -0.05) is 30.3 Å². The zero-order valence-corrected chi connectivity index (χ0v) is 12.7. The van der Waals surface area contributed by atoms with Crippen molar-refractivity contribution in [2.45, 2.75) is 19.1 Å². The van der Waals surface area contributed by atoms with Gasteiger partial charge < -0.3 is 14.9 Å². The summed E-state index contributed by atoms with van der Waals surface area (Å²) in [5, 5.41) is 15.6. The van der Waals surface area contributed by atoms with Crippen LogP contribution in [0.1, 0.15) is 18.6 Å². The molecule has 1 aromatic rings. The Bertz CT molecular complexity index is 499. The minimum absolute atomic E-state index is 0.231. The van der Waals surface area contributed by atoms with Gasteiger partial charge >= 0.3 is 11.9 Å². The molecule has 6 heteroatoms. The summed E-state index contributed by atoms with van der Waals surface area (Å²) in [5.41, 5.74) is 1.28. The molecule has 0 saturated carbocycles. The molecule has 1 aliphatic rings. The number of benzene rings is 1. The molecule has 0 aromatic heterocycles. The fourth-order valence-corrected chi connectivity index (χ4v) is 2.06.